The first-order chi connectivity index (χ1) is 17.8. The van der Waals surface area contributed by atoms with Gasteiger partial charge in [0.2, 0.25) is 0 Å². The second-order valence-corrected chi connectivity index (χ2v) is 10.0. The van der Waals surface area contributed by atoms with Crippen molar-refractivity contribution < 1.29 is 13.9 Å². The number of hydrogen-bond acceptors (Lipinski definition) is 6. The van der Waals surface area contributed by atoms with Gasteiger partial charge in [-0.3, -0.25) is 9.36 Å². The van der Waals surface area contributed by atoms with Crippen molar-refractivity contribution in [3.8, 4) is 28.3 Å². The molecule has 1 aromatic carbocycles. The molecule has 4 aromatic rings. The summed E-state index contributed by atoms with van der Waals surface area (Å²) in [6.07, 6.45) is 4.19. The molecule has 0 saturated carbocycles. The van der Waals surface area contributed by atoms with Crippen LogP contribution in [0.2, 0.25) is 0 Å². The van der Waals surface area contributed by atoms with E-state index in [1.807, 2.05) is 29.4 Å². The average Bonchev–Trinajstić information content (AvgIpc) is 3.56. The summed E-state index contributed by atoms with van der Waals surface area (Å²) in [6, 6.07) is 6.72. The molecule has 1 aliphatic heterocycles. The van der Waals surface area contributed by atoms with Crippen LogP contribution in [0.1, 0.15) is 67.5 Å². The Morgan fingerprint density at radius 2 is 2.05 bits per heavy atom. The number of methoxy groups -OCH3 is 1. The highest BCUT2D eigenvalue weighted by Gasteiger charge is 2.43. The van der Waals surface area contributed by atoms with Gasteiger partial charge >= 0.3 is 0 Å². The Kier molecular flexibility index (Phi) is 5.56. The van der Waals surface area contributed by atoms with Crippen molar-refractivity contribution in [3.63, 3.8) is 0 Å². The Balaban J connectivity index is 1.71. The van der Waals surface area contributed by atoms with Crippen LogP contribution >= 0.6 is 0 Å². The highest BCUT2D eigenvalue weighted by molar-refractivity contribution is 5.75. The van der Waals surface area contributed by atoms with Crippen molar-refractivity contribution in [3.05, 3.63) is 64.9 Å². The molecule has 4 heterocycles. The quantitative estimate of drug-likeness (QED) is 0.414. The molecule has 0 fully saturated rings. The number of nitrogens with two attached hydrogens (primary N) is 1. The molecule has 0 spiro atoms. The van der Waals surface area contributed by atoms with Gasteiger partial charge in [-0.05, 0) is 51.5 Å². The molecule has 3 aromatic heterocycles. The Bertz CT molecular complexity index is 1510. The smallest absolute Gasteiger partial charge is 0.166 e. The summed E-state index contributed by atoms with van der Waals surface area (Å²) >= 11 is 0. The molecule has 37 heavy (non-hydrogen) atoms. The third-order valence-corrected chi connectivity index (χ3v) is 7.84. The van der Waals surface area contributed by atoms with E-state index >= 15 is 0 Å². The topological polar surface area (TPSA) is 93.0 Å². The van der Waals surface area contributed by atoms with Crippen molar-refractivity contribution in [2.75, 3.05) is 12.8 Å². The minimum absolute atomic E-state index is 0.0162. The number of ether oxygens (including phenoxy) is 2. The van der Waals surface area contributed by atoms with Crippen molar-refractivity contribution in [2.24, 2.45) is 7.05 Å². The van der Waals surface area contributed by atoms with Gasteiger partial charge in [-0.1, -0.05) is 0 Å². The largest absolute Gasteiger partial charge is 0.482 e. The maximum absolute atomic E-state index is 14.5. The zero-order chi connectivity index (χ0) is 26.0. The number of aromatic nitrogens is 5. The second kappa shape index (κ2) is 8.69. The molecule has 2 N–H and O–H groups in total. The van der Waals surface area contributed by atoms with Crippen LogP contribution in [0.25, 0.3) is 22.5 Å². The second-order valence-electron chi connectivity index (χ2n) is 10.0. The maximum Gasteiger partial charge on any atom is 0.166 e. The van der Waals surface area contributed by atoms with Gasteiger partial charge < -0.3 is 15.2 Å². The highest BCUT2D eigenvalue weighted by atomic mass is 19.1. The van der Waals surface area contributed by atoms with Gasteiger partial charge in [0, 0.05) is 72.7 Å². The molecule has 1 aliphatic carbocycles. The number of hydrogen-bond donors (Lipinski definition) is 1. The summed E-state index contributed by atoms with van der Waals surface area (Å²) in [5.41, 5.74) is 13.8. The van der Waals surface area contributed by atoms with Crippen molar-refractivity contribution in [1.82, 2.24) is 24.5 Å². The number of fused-ring (bicyclic) bond motifs is 7. The predicted molar refractivity (Wildman–Crippen MR) is 139 cm³/mol. The lowest BCUT2D eigenvalue weighted by Gasteiger charge is -2.23. The molecule has 0 radical (unpaired) electrons. The van der Waals surface area contributed by atoms with Crippen LogP contribution < -0.4 is 10.5 Å². The van der Waals surface area contributed by atoms with Crippen molar-refractivity contribution in [2.45, 2.75) is 57.8 Å². The fourth-order valence-corrected chi connectivity index (χ4v) is 5.98. The lowest BCUT2D eigenvalue weighted by Crippen LogP contribution is -2.17. The van der Waals surface area contributed by atoms with E-state index in [0.717, 1.165) is 45.8 Å². The predicted octanol–water partition coefficient (Wildman–Crippen LogP) is 5.19. The van der Waals surface area contributed by atoms with Crippen LogP contribution in [0.5, 0.6) is 5.75 Å². The Morgan fingerprint density at radius 1 is 1.24 bits per heavy atom. The number of halogens is 1. The van der Waals surface area contributed by atoms with E-state index in [4.69, 9.17) is 25.4 Å². The molecular formula is C28H31FN6O2. The van der Waals surface area contributed by atoms with Gasteiger partial charge in [0.15, 0.2) is 11.6 Å². The van der Waals surface area contributed by atoms with Crippen LogP contribution in [0.3, 0.4) is 0 Å². The Labute approximate surface area is 215 Å². The van der Waals surface area contributed by atoms with Gasteiger partial charge in [-0.15, -0.1) is 0 Å². The van der Waals surface area contributed by atoms with E-state index in [1.54, 1.807) is 19.4 Å². The molecule has 6 rings (SSSR count). The minimum Gasteiger partial charge on any atom is -0.482 e. The van der Waals surface area contributed by atoms with E-state index < -0.39 is 6.10 Å². The van der Waals surface area contributed by atoms with E-state index in [2.05, 4.69) is 25.0 Å². The van der Waals surface area contributed by atoms with Gasteiger partial charge in [0.05, 0.1) is 23.2 Å². The molecule has 2 aliphatic rings. The van der Waals surface area contributed by atoms with Gasteiger partial charge in [-0.2, -0.15) is 10.2 Å². The van der Waals surface area contributed by atoms with E-state index in [1.165, 1.54) is 12.1 Å². The summed E-state index contributed by atoms with van der Waals surface area (Å²) in [4.78, 5) is 4.48. The standard InChI is InChI=1S/C28H31FN6O2/c1-6-35-27-16-9-23(28(30)31-12-16)37-15(3)19-10-17(29)7-8-18(19)25-22(13-34(4)32-25)21-11-20(14(2)36-5)26(33-35)24(21)27/h7-10,12-15,20-21H,6,11H2,1-5H3,(H2,30,31)/t14?,15-,20?,21?/m1/s1. The van der Waals surface area contributed by atoms with Gasteiger partial charge in [-0.25, -0.2) is 9.37 Å². The van der Waals surface area contributed by atoms with Gasteiger partial charge in [0.1, 0.15) is 11.9 Å². The number of pyridine rings is 1. The molecule has 0 amide bonds. The Hall–Kier alpha value is -3.72. The maximum atomic E-state index is 14.5. The van der Waals surface area contributed by atoms with Crippen molar-refractivity contribution in [1.29, 1.82) is 0 Å². The summed E-state index contributed by atoms with van der Waals surface area (Å²) in [5, 5.41) is 9.98. The highest BCUT2D eigenvalue weighted by Crippen LogP contribution is 2.53. The van der Waals surface area contributed by atoms with Gasteiger partial charge in [0.25, 0.3) is 0 Å². The fourth-order valence-electron chi connectivity index (χ4n) is 5.98. The summed E-state index contributed by atoms with van der Waals surface area (Å²) in [7, 11) is 3.66. The zero-order valence-electron chi connectivity index (χ0n) is 21.7. The molecule has 2 bridgehead atoms. The molecule has 9 heteroatoms. The molecule has 192 valence electrons. The zero-order valence-corrected chi connectivity index (χ0v) is 21.7. The summed E-state index contributed by atoms with van der Waals surface area (Å²) in [6.45, 7) is 6.77. The Morgan fingerprint density at radius 3 is 2.81 bits per heavy atom. The van der Waals surface area contributed by atoms with Crippen LogP contribution in [0.15, 0.2) is 36.7 Å². The molecule has 4 atom stereocenters. The number of aryl methyl sites for hydroxylation is 2. The first-order valence-corrected chi connectivity index (χ1v) is 12.7. The third-order valence-electron chi connectivity index (χ3n) is 7.84. The summed E-state index contributed by atoms with van der Waals surface area (Å²) < 4.78 is 30.6. The lowest BCUT2D eigenvalue weighted by molar-refractivity contribution is 0.0919. The molecule has 3 unspecified atom stereocenters. The van der Waals surface area contributed by atoms with E-state index in [0.29, 0.717) is 17.9 Å². The monoisotopic (exact) mass is 502 g/mol. The van der Waals surface area contributed by atoms with Crippen LogP contribution in [0, 0.1) is 5.82 Å². The van der Waals surface area contributed by atoms with Crippen LogP contribution in [-0.2, 0) is 18.3 Å². The summed E-state index contributed by atoms with van der Waals surface area (Å²) in [5.74, 6) is 0.536. The molecular weight excluding hydrogens is 471 g/mol. The average molecular weight is 503 g/mol. The SMILES string of the molecule is CCn1nc2c3c1-c1cnc(N)c(c1)O[C@H](C)c1cc(F)ccc1-c1nn(C)cc1C3CC2C(C)OC. The first kappa shape index (κ1) is 23.7. The van der Waals surface area contributed by atoms with Crippen LogP contribution in [0.4, 0.5) is 10.2 Å². The number of anilines is 1. The van der Waals surface area contributed by atoms with Crippen LogP contribution in [-0.4, -0.2) is 37.8 Å². The van der Waals surface area contributed by atoms with E-state index in [-0.39, 0.29) is 29.6 Å². The van der Waals surface area contributed by atoms with E-state index in [9.17, 15) is 4.39 Å². The fraction of sp³-hybridized carbons (Fsp3) is 0.393. The number of rotatable bonds is 3. The molecule has 8 nitrogen and oxygen atoms in total. The number of nitrogen functional groups attached to an aromatic ring is 1. The normalized spacial score (nSPS) is 20.8. The number of nitrogens with zero attached hydrogens (tertiary/aromatic N) is 5. The number of benzene rings is 1. The third kappa shape index (κ3) is 3.63. The minimum atomic E-state index is -0.490. The molecule has 0 saturated heterocycles. The lowest BCUT2D eigenvalue weighted by atomic mass is 9.87. The first-order valence-electron chi connectivity index (χ1n) is 12.7. The van der Waals surface area contributed by atoms with Crippen molar-refractivity contribution >= 4 is 5.82 Å².